The molecule has 144 valence electrons. The van der Waals surface area contributed by atoms with Gasteiger partial charge in [-0.25, -0.2) is 0 Å². The second-order valence-electron chi connectivity index (χ2n) is 7.36. The summed E-state index contributed by atoms with van der Waals surface area (Å²) in [6.07, 6.45) is 11.1. The first-order valence-electron chi connectivity index (χ1n) is 9.99. The molecule has 5 nitrogen and oxygen atoms in total. The van der Waals surface area contributed by atoms with Gasteiger partial charge in [0.2, 0.25) is 5.91 Å². The minimum absolute atomic E-state index is 0.265. The van der Waals surface area contributed by atoms with Crippen molar-refractivity contribution in [3.63, 3.8) is 0 Å². The monoisotopic (exact) mass is 366 g/mol. The summed E-state index contributed by atoms with van der Waals surface area (Å²) in [6, 6.07) is 10.5. The highest BCUT2D eigenvalue weighted by molar-refractivity contribution is 5.76. The van der Waals surface area contributed by atoms with Crippen LogP contribution in [0, 0.1) is 0 Å². The summed E-state index contributed by atoms with van der Waals surface area (Å²) in [6.45, 7) is 3.22. The molecule has 3 rings (SSSR count). The zero-order chi connectivity index (χ0) is 18.9. The second kappa shape index (κ2) is 10.2. The molecule has 0 bridgehead atoms. The van der Waals surface area contributed by atoms with Crippen molar-refractivity contribution in [3.05, 3.63) is 60.2 Å². The van der Waals surface area contributed by atoms with E-state index >= 15 is 0 Å². The lowest BCUT2D eigenvalue weighted by Gasteiger charge is -2.37. The van der Waals surface area contributed by atoms with Crippen LogP contribution < -0.4 is 0 Å². The van der Waals surface area contributed by atoms with Crippen LogP contribution in [-0.2, 0) is 17.6 Å². The van der Waals surface area contributed by atoms with Gasteiger partial charge in [-0.2, -0.15) is 0 Å². The van der Waals surface area contributed by atoms with Crippen molar-refractivity contribution in [2.45, 2.75) is 44.6 Å². The van der Waals surface area contributed by atoms with Gasteiger partial charge < -0.3 is 9.80 Å². The fourth-order valence-electron chi connectivity index (χ4n) is 3.71. The molecular weight excluding hydrogens is 336 g/mol. The van der Waals surface area contributed by atoms with Crippen LogP contribution in [0.2, 0.25) is 0 Å². The minimum atomic E-state index is 0.265. The Balaban J connectivity index is 1.35. The number of nitrogens with zero attached hydrogens (tertiary/aromatic N) is 4. The molecule has 2 aromatic rings. The number of carbonyl (C=O) groups is 1. The van der Waals surface area contributed by atoms with Gasteiger partial charge in [0.25, 0.3) is 0 Å². The highest BCUT2D eigenvalue weighted by Gasteiger charge is 2.24. The predicted molar refractivity (Wildman–Crippen MR) is 107 cm³/mol. The molecule has 27 heavy (non-hydrogen) atoms. The van der Waals surface area contributed by atoms with E-state index in [1.807, 2.05) is 48.7 Å². The van der Waals surface area contributed by atoms with Crippen molar-refractivity contribution >= 4 is 5.91 Å². The summed E-state index contributed by atoms with van der Waals surface area (Å²) in [5, 5.41) is 0. The Morgan fingerprint density at radius 1 is 1.11 bits per heavy atom. The Hall–Kier alpha value is -2.27. The molecule has 1 aliphatic rings. The van der Waals surface area contributed by atoms with Gasteiger partial charge in [-0.3, -0.25) is 14.8 Å². The van der Waals surface area contributed by atoms with E-state index in [0.29, 0.717) is 12.5 Å². The van der Waals surface area contributed by atoms with E-state index < -0.39 is 0 Å². The zero-order valence-electron chi connectivity index (χ0n) is 16.3. The summed E-state index contributed by atoms with van der Waals surface area (Å²) in [4.78, 5) is 25.4. The van der Waals surface area contributed by atoms with Gasteiger partial charge in [0.05, 0.1) is 0 Å². The molecule has 0 unspecified atom stereocenters. The molecular formula is C22H30N4O. The number of carbonyl (C=O) groups excluding carboxylic acids is 1. The minimum Gasteiger partial charge on any atom is -0.343 e. The van der Waals surface area contributed by atoms with Crippen LogP contribution >= 0.6 is 0 Å². The first kappa shape index (κ1) is 19.5. The number of aromatic nitrogens is 2. The summed E-state index contributed by atoms with van der Waals surface area (Å²) in [5.41, 5.74) is 2.41. The largest absolute Gasteiger partial charge is 0.343 e. The van der Waals surface area contributed by atoms with E-state index in [-0.39, 0.29) is 5.91 Å². The maximum Gasteiger partial charge on any atom is 0.222 e. The molecule has 0 atom stereocenters. The summed E-state index contributed by atoms with van der Waals surface area (Å²) in [5.74, 6) is 0.265. The van der Waals surface area contributed by atoms with Crippen LogP contribution in [0.25, 0.3) is 0 Å². The maximum absolute atomic E-state index is 12.5. The number of amides is 1. The third-order valence-corrected chi connectivity index (χ3v) is 5.51. The van der Waals surface area contributed by atoms with Gasteiger partial charge in [0, 0.05) is 63.4 Å². The number of hydrogen-bond donors (Lipinski definition) is 0. The Kier molecular flexibility index (Phi) is 7.34. The molecule has 0 aliphatic carbocycles. The van der Waals surface area contributed by atoms with E-state index in [1.54, 1.807) is 0 Å². The van der Waals surface area contributed by atoms with Gasteiger partial charge in [0.1, 0.15) is 0 Å². The molecule has 2 aromatic heterocycles. The normalized spacial score (nSPS) is 15.6. The predicted octanol–water partition coefficient (Wildman–Crippen LogP) is 2.96. The van der Waals surface area contributed by atoms with Crippen molar-refractivity contribution in [2.75, 3.05) is 26.7 Å². The summed E-state index contributed by atoms with van der Waals surface area (Å²) >= 11 is 0. The molecule has 0 N–H and O–H groups in total. The topological polar surface area (TPSA) is 49.3 Å². The van der Waals surface area contributed by atoms with Gasteiger partial charge in [-0.05, 0) is 61.9 Å². The van der Waals surface area contributed by atoms with Gasteiger partial charge in [-0.15, -0.1) is 0 Å². The number of hydrogen-bond acceptors (Lipinski definition) is 4. The van der Waals surface area contributed by atoms with Crippen molar-refractivity contribution in [1.82, 2.24) is 19.8 Å². The molecule has 1 amide bonds. The number of rotatable bonds is 8. The Bertz CT molecular complexity index is 684. The Morgan fingerprint density at radius 2 is 1.89 bits per heavy atom. The van der Waals surface area contributed by atoms with Crippen molar-refractivity contribution in [2.24, 2.45) is 0 Å². The smallest absolute Gasteiger partial charge is 0.222 e. The molecule has 0 radical (unpaired) electrons. The lowest BCUT2D eigenvalue weighted by molar-refractivity contribution is -0.132. The van der Waals surface area contributed by atoms with Crippen LogP contribution in [0.1, 0.15) is 36.9 Å². The zero-order valence-corrected chi connectivity index (χ0v) is 16.3. The number of likely N-dealkylation sites (tertiary alicyclic amines) is 1. The van der Waals surface area contributed by atoms with Gasteiger partial charge in [0.15, 0.2) is 0 Å². The highest BCUT2D eigenvalue weighted by Crippen LogP contribution is 2.17. The Morgan fingerprint density at radius 3 is 2.59 bits per heavy atom. The molecule has 5 heteroatoms. The molecule has 0 saturated carbocycles. The van der Waals surface area contributed by atoms with Crippen LogP contribution in [0.5, 0.6) is 0 Å². The molecule has 0 spiro atoms. The number of pyridine rings is 2. The summed E-state index contributed by atoms with van der Waals surface area (Å²) < 4.78 is 0. The van der Waals surface area contributed by atoms with Crippen molar-refractivity contribution in [1.29, 1.82) is 0 Å². The molecule has 0 aromatic carbocycles. The maximum atomic E-state index is 12.5. The van der Waals surface area contributed by atoms with Crippen LogP contribution in [0.15, 0.2) is 48.9 Å². The quantitative estimate of drug-likeness (QED) is 0.721. The first-order chi connectivity index (χ1) is 13.2. The molecule has 3 heterocycles. The third-order valence-electron chi connectivity index (χ3n) is 5.51. The number of piperidine rings is 1. The molecule has 1 saturated heterocycles. The molecule has 1 aliphatic heterocycles. The van der Waals surface area contributed by atoms with Crippen molar-refractivity contribution in [3.8, 4) is 0 Å². The Labute approximate surface area is 162 Å². The van der Waals surface area contributed by atoms with E-state index in [9.17, 15) is 4.79 Å². The van der Waals surface area contributed by atoms with Crippen LogP contribution in [0.4, 0.5) is 0 Å². The average Bonchev–Trinajstić information content (AvgIpc) is 2.73. The first-order valence-corrected chi connectivity index (χ1v) is 9.99. The lowest BCUT2D eigenvalue weighted by Crippen LogP contribution is -2.46. The average molecular weight is 367 g/mol. The third kappa shape index (κ3) is 6.14. The fraction of sp³-hybridized carbons (Fsp3) is 0.500. The lowest BCUT2D eigenvalue weighted by atomic mass is 10.0. The van der Waals surface area contributed by atoms with E-state index in [4.69, 9.17) is 0 Å². The SMILES string of the molecule is CN(C(=O)CCCc1ccccn1)C1CCN(CCc2ccncc2)CC1. The van der Waals surface area contributed by atoms with E-state index in [1.165, 1.54) is 5.56 Å². The van der Waals surface area contributed by atoms with Crippen LogP contribution in [0.3, 0.4) is 0 Å². The standard InChI is InChI=1S/C22H30N4O/c1-25(22(27)7-4-6-20-5-2-3-13-24-20)21-11-17-26(18-12-21)16-10-19-8-14-23-15-9-19/h2-3,5,8-9,13-15,21H,4,6-7,10-12,16-18H2,1H3. The van der Waals surface area contributed by atoms with Gasteiger partial charge in [-0.1, -0.05) is 6.07 Å². The van der Waals surface area contributed by atoms with Gasteiger partial charge >= 0.3 is 0 Å². The summed E-state index contributed by atoms with van der Waals surface area (Å²) in [7, 11) is 1.97. The molecule has 1 fully saturated rings. The van der Waals surface area contributed by atoms with Crippen LogP contribution in [-0.4, -0.2) is 58.4 Å². The highest BCUT2D eigenvalue weighted by atomic mass is 16.2. The fourth-order valence-corrected chi connectivity index (χ4v) is 3.71. The van der Waals surface area contributed by atoms with Crippen molar-refractivity contribution < 1.29 is 4.79 Å². The van der Waals surface area contributed by atoms with E-state index in [0.717, 1.165) is 57.4 Å². The number of aryl methyl sites for hydroxylation is 1. The van der Waals surface area contributed by atoms with E-state index in [2.05, 4.69) is 27.0 Å². The second-order valence-corrected chi connectivity index (χ2v) is 7.36.